The van der Waals surface area contributed by atoms with Crippen LogP contribution in [0.3, 0.4) is 0 Å². The summed E-state index contributed by atoms with van der Waals surface area (Å²) in [6.07, 6.45) is 3.17. The van der Waals surface area contributed by atoms with Crippen molar-refractivity contribution in [2.24, 2.45) is 0 Å². The average molecular weight is 264 g/mol. The van der Waals surface area contributed by atoms with E-state index < -0.39 is 0 Å². The molecule has 0 spiro atoms. The number of benzene rings is 2. The Bertz CT molecular complexity index is 753. The molecule has 0 amide bonds. The maximum atomic E-state index is 14.0. The molecule has 0 unspecified atom stereocenters. The minimum Gasteiger partial charge on any atom is -0.244 e. The molecule has 0 saturated carbocycles. The third kappa shape index (κ3) is 2.30. The quantitative estimate of drug-likeness (QED) is 0.691. The molecule has 0 aliphatic rings. The van der Waals surface area contributed by atoms with Gasteiger partial charge >= 0.3 is 0 Å². The molecule has 3 rings (SSSR count). The van der Waals surface area contributed by atoms with Gasteiger partial charge in [-0.1, -0.05) is 42.0 Å². The first-order chi connectivity index (χ1) is 9.75. The van der Waals surface area contributed by atoms with Crippen LogP contribution in [0.15, 0.2) is 61.1 Å². The topological polar surface area (TPSA) is 25.8 Å². The fourth-order valence-electron chi connectivity index (χ4n) is 2.22. The minimum atomic E-state index is -0.278. The Morgan fingerprint density at radius 2 is 1.80 bits per heavy atom. The van der Waals surface area contributed by atoms with Gasteiger partial charge in [0.15, 0.2) is 0 Å². The average Bonchev–Trinajstić information content (AvgIpc) is 2.48. The Balaban J connectivity index is 2.22. The van der Waals surface area contributed by atoms with Gasteiger partial charge in [-0.15, -0.1) is 0 Å². The second-order valence-electron chi connectivity index (χ2n) is 4.63. The second-order valence-corrected chi connectivity index (χ2v) is 4.63. The van der Waals surface area contributed by atoms with Gasteiger partial charge in [-0.2, -0.15) is 0 Å². The zero-order valence-electron chi connectivity index (χ0n) is 11.0. The van der Waals surface area contributed by atoms with Crippen molar-refractivity contribution >= 4 is 0 Å². The number of hydrogen-bond donors (Lipinski definition) is 0. The zero-order valence-corrected chi connectivity index (χ0v) is 11.0. The van der Waals surface area contributed by atoms with Crippen LogP contribution < -0.4 is 0 Å². The van der Waals surface area contributed by atoms with Crippen LogP contribution in [0.4, 0.5) is 4.39 Å². The molecule has 3 heteroatoms. The monoisotopic (exact) mass is 264 g/mol. The summed E-state index contributed by atoms with van der Waals surface area (Å²) in [5.74, 6) is -0.278. The molecule has 0 fully saturated rings. The lowest BCUT2D eigenvalue weighted by Crippen LogP contribution is -1.93. The Labute approximate surface area is 117 Å². The van der Waals surface area contributed by atoms with E-state index >= 15 is 0 Å². The van der Waals surface area contributed by atoms with Crippen LogP contribution in [-0.4, -0.2) is 9.97 Å². The molecule has 2 aromatic carbocycles. The third-order valence-electron chi connectivity index (χ3n) is 3.17. The highest BCUT2D eigenvalue weighted by Gasteiger charge is 2.12. The van der Waals surface area contributed by atoms with E-state index in [1.165, 1.54) is 12.4 Å². The van der Waals surface area contributed by atoms with Crippen molar-refractivity contribution in [2.45, 2.75) is 6.92 Å². The predicted molar refractivity (Wildman–Crippen MR) is 77.6 cm³/mol. The summed E-state index contributed by atoms with van der Waals surface area (Å²) in [6, 6.07) is 14.7. The molecule has 0 aliphatic carbocycles. The summed E-state index contributed by atoms with van der Waals surface area (Å²) in [7, 11) is 0. The summed E-state index contributed by atoms with van der Waals surface area (Å²) in [6.45, 7) is 2.02. The van der Waals surface area contributed by atoms with Crippen molar-refractivity contribution in [3.63, 3.8) is 0 Å². The number of halogens is 1. The van der Waals surface area contributed by atoms with Crippen LogP contribution in [0.1, 0.15) is 5.56 Å². The molecular formula is C17H13FN2. The number of rotatable bonds is 2. The van der Waals surface area contributed by atoms with E-state index in [0.29, 0.717) is 11.3 Å². The molecule has 2 nitrogen and oxygen atoms in total. The van der Waals surface area contributed by atoms with Crippen molar-refractivity contribution in [1.82, 2.24) is 9.97 Å². The first kappa shape index (κ1) is 12.5. The maximum Gasteiger partial charge on any atom is 0.132 e. The van der Waals surface area contributed by atoms with E-state index in [4.69, 9.17) is 0 Å². The fraction of sp³-hybridized carbons (Fsp3) is 0.0588. The van der Waals surface area contributed by atoms with E-state index in [1.54, 1.807) is 24.4 Å². The molecule has 0 bridgehead atoms. The zero-order chi connectivity index (χ0) is 13.9. The largest absolute Gasteiger partial charge is 0.244 e. The summed E-state index contributed by atoms with van der Waals surface area (Å²) in [5, 5.41) is 0. The normalized spacial score (nSPS) is 10.5. The van der Waals surface area contributed by atoms with E-state index in [0.717, 1.165) is 16.7 Å². The smallest absolute Gasteiger partial charge is 0.132 e. The first-order valence-corrected chi connectivity index (χ1v) is 6.37. The van der Waals surface area contributed by atoms with E-state index in [-0.39, 0.29) is 5.82 Å². The molecule has 0 radical (unpaired) electrons. The molecule has 0 atom stereocenters. The van der Waals surface area contributed by atoms with E-state index in [9.17, 15) is 4.39 Å². The maximum absolute atomic E-state index is 14.0. The molecule has 20 heavy (non-hydrogen) atoms. The molecule has 98 valence electrons. The summed E-state index contributed by atoms with van der Waals surface area (Å²) in [4.78, 5) is 8.34. The third-order valence-corrected chi connectivity index (χ3v) is 3.17. The number of hydrogen-bond acceptors (Lipinski definition) is 2. The fourth-order valence-corrected chi connectivity index (χ4v) is 2.22. The van der Waals surface area contributed by atoms with Gasteiger partial charge in [0.25, 0.3) is 0 Å². The van der Waals surface area contributed by atoms with Gasteiger partial charge in [-0.3, -0.25) is 0 Å². The van der Waals surface area contributed by atoms with Crippen LogP contribution in [0, 0.1) is 12.7 Å². The van der Waals surface area contributed by atoms with Gasteiger partial charge in [-0.25, -0.2) is 14.4 Å². The van der Waals surface area contributed by atoms with Crippen LogP contribution in [0.25, 0.3) is 22.4 Å². The number of aromatic nitrogens is 2. The highest BCUT2D eigenvalue weighted by atomic mass is 19.1. The van der Waals surface area contributed by atoms with Crippen LogP contribution in [0.5, 0.6) is 0 Å². The predicted octanol–water partition coefficient (Wildman–Crippen LogP) is 4.26. The van der Waals surface area contributed by atoms with Crippen LogP contribution >= 0.6 is 0 Å². The van der Waals surface area contributed by atoms with Gasteiger partial charge in [0.05, 0.1) is 5.69 Å². The van der Waals surface area contributed by atoms with Crippen molar-refractivity contribution < 1.29 is 4.39 Å². The highest BCUT2D eigenvalue weighted by Crippen LogP contribution is 2.31. The SMILES string of the molecule is Cc1cccc(-c2cncnc2-c2ccccc2F)c1. The Kier molecular flexibility index (Phi) is 3.25. The van der Waals surface area contributed by atoms with Crippen LogP contribution in [-0.2, 0) is 0 Å². The Morgan fingerprint density at radius 3 is 2.60 bits per heavy atom. The van der Waals surface area contributed by atoms with Crippen LogP contribution in [0.2, 0.25) is 0 Å². The van der Waals surface area contributed by atoms with E-state index in [2.05, 4.69) is 9.97 Å². The lowest BCUT2D eigenvalue weighted by Gasteiger charge is -2.09. The molecule has 1 aromatic heterocycles. The van der Waals surface area contributed by atoms with Gasteiger partial charge in [-0.05, 0) is 24.6 Å². The second kappa shape index (κ2) is 5.21. The Hall–Kier alpha value is -2.55. The standard InChI is InChI=1S/C17H13FN2/c1-12-5-4-6-13(9-12)15-10-19-11-20-17(15)14-7-2-3-8-16(14)18/h2-11H,1H3. The molecule has 0 N–H and O–H groups in total. The van der Waals surface area contributed by atoms with Crippen molar-refractivity contribution in [2.75, 3.05) is 0 Å². The Morgan fingerprint density at radius 1 is 0.950 bits per heavy atom. The van der Waals surface area contributed by atoms with Gasteiger partial charge < -0.3 is 0 Å². The number of aryl methyl sites for hydroxylation is 1. The lowest BCUT2D eigenvalue weighted by molar-refractivity contribution is 0.630. The summed E-state index contributed by atoms with van der Waals surface area (Å²) in [5.41, 5.74) is 4.08. The van der Waals surface area contributed by atoms with Crippen molar-refractivity contribution in [3.8, 4) is 22.4 Å². The van der Waals surface area contributed by atoms with Crippen molar-refractivity contribution in [1.29, 1.82) is 0 Å². The summed E-state index contributed by atoms with van der Waals surface area (Å²) < 4.78 is 14.0. The number of nitrogens with zero attached hydrogens (tertiary/aromatic N) is 2. The van der Waals surface area contributed by atoms with Gasteiger partial charge in [0.2, 0.25) is 0 Å². The first-order valence-electron chi connectivity index (χ1n) is 6.37. The lowest BCUT2D eigenvalue weighted by atomic mass is 9.99. The summed E-state index contributed by atoms with van der Waals surface area (Å²) >= 11 is 0. The highest BCUT2D eigenvalue weighted by molar-refractivity contribution is 5.80. The minimum absolute atomic E-state index is 0.278. The van der Waals surface area contributed by atoms with Gasteiger partial charge in [0, 0.05) is 17.3 Å². The van der Waals surface area contributed by atoms with Gasteiger partial charge in [0.1, 0.15) is 12.1 Å². The molecule has 1 heterocycles. The molecule has 3 aromatic rings. The molecule has 0 saturated heterocycles. The molecular weight excluding hydrogens is 251 g/mol. The van der Waals surface area contributed by atoms with E-state index in [1.807, 2.05) is 31.2 Å². The van der Waals surface area contributed by atoms with Crippen molar-refractivity contribution in [3.05, 3.63) is 72.4 Å². The molecule has 0 aliphatic heterocycles.